The second kappa shape index (κ2) is 7.26. The number of carboxylic acid groups (broad SMARTS) is 1. The molecule has 0 amide bonds. The average Bonchev–Trinajstić information content (AvgIpc) is 2.35. The topological polar surface area (TPSA) is 61.4 Å². The van der Waals surface area contributed by atoms with E-state index in [2.05, 4.69) is 49.6 Å². The monoisotopic (exact) mass is 264 g/mol. The number of benzene rings is 1. The van der Waals surface area contributed by atoms with E-state index in [4.69, 9.17) is 5.11 Å². The van der Waals surface area contributed by atoms with E-state index in [1.807, 2.05) is 0 Å². The van der Waals surface area contributed by atoms with Crippen molar-refractivity contribution in [2.24, 2.45) is 0 Å². The average molecular weight is 264 g/mol. The van der Waals surface area contributed by atoms with E-state index in [1.54, 1.807) is 7.05 Å². The summed E-state index contributed by atoms with van der Waals surface area (Å²) in [4.78, 5) is 10.9. The highest BCUT2D eigenvalue weighted by molar-refractivity contribution is 5.73. The van der Waals surface area contributed by atoms with Crippen LogP contribution in [0.25, 0.3) is 0 Å². The maximum atomic E-state index is 10.9. The third-order valence-corrected chi connectivity index (χ3v) is 3.35. The fourth-order valence-electron chi connectivity index (χ4n) is 1.90. The summed E-state index contributed by atoms with van der Waals surface area (Å²) in [6.45, 7) is 7.52. The van der Waals surface area contributed by atoms with Crippen LogP contribution in [-0.2, 0) is 11.3 Å². The van der Waals surface area contributed by atoms with Crippen molar-refractivity contribution in [3.63, 3.8) is 0 Å². The van der Waals surface area contributed by atoms with E-state index >= 15 is 0 Å². The second-order valence-corrected chi connectivity index (χ2v) is 5.15. The van der Waals surface area contributed by atoms with Crippen LogP contribution in [0.15, 0.2) is 18.2 Å². The lowest BCUT2D eigenvalue weighted by Crippen LogP contribution is -2.42. The van der Waals surface area contributed by atoms with Crippen molar-refractivity contribution in [1.82, 2.24) is 10.6 Å². The normalized spacial score (nSPS) is 12.7. The summed E-state index contributed by atoms with van der Waals surface area (Å²) >= 11 is 0. The number of likely N-dealkylation sites (N-methyl/N-ethyl adjacent to an activating group) is 1. The van der Waals surface area contributed by atoms with E-state index in [0.717, 1.165) is 0 Å². The van der Waals surface area contributed by atoms with Crippen molar-refractivity contribution < 1.29 is 9.90 Å². The number of nitrogens with one attached hydrogen (secondary N) is 2. The van der Waals surface area contributed by atoms with Crippen LogP contribution < -0.4 is 10.6 Å². The van der Waals surface area contributed by atoms with Crippen molar-refractivity contribution in [3.8, 4) is 0 Å². The highest BCUT2D eigenvalue weighted by atomic mass is 16.4. The van der Waals surface area contributed by atoms with Gasteiger partial charge in [0.05, 0.1) is 0 Å². The van der Waals surface area contributed by atoms with Gasteiger partial charge in [-0.25, -0.2) is 0 Å². The Balaban J connectivity index is 2.62. The van der Waals surface area contributed by atoms with Crippen LogP contribution in [-0.4, -0.2) is 30.7 Å². The van der Waals surface area contributed by atoms with E-state index in [1.165, 1.54) is 16.7 Å². The van der Waals surface area contributed by atoms with Crippen molar-refractivity contribution in [1.29, 1.82) is 0 Å². The first kappa shape index (κ1) is 15.7. The molecule has 3 N–H and O–H groups in total. The molecule has 4 heteroatoms. The number of hydrogen-bond donors (Lipinski definition) is 3. The molecule has 0 aliphatic carbocycles. The molecular formula is C15H24N2O2. The third kappa shape index (κ3) is 4.65. The first-order valence-corrected chi connectivity index (χ1v) is 6.66. The Bertz CT molecular complexity index is 430. The van der Waals surface area contributed by atoms with Crippen LogP contribution in [0.4, 0.5) is 0 Å². The Hall–Kier alpha value is -1.39. The predicted octanol–water partition coefficient (Wildman–Crippen LogP) is 1.88. The van der Waals surface area contributed by atoms with E-state index in [0.29, 0.717) is 19.0 Å². The molecule has 0 aliphatic heterocycles. The lowest BCUT2D eigenvalue weighted by Gasteiger charge is -2.15. The summed E-state index contributed by atoms with van der Waals surface area (Å²) in [6.07, 6.45) is 0. The zero-order valence-electron chi connectivity index (χ0n) is 12.2. The van der Waals surface area contributed by atoms with Gasteiger partial charge < -0.3 is 15.7 Å². The molecule has 0 bridgehead atoms. The van der Waals surface area contributed by atoms with E-state index < -0.39 is 12.0 Å². The lowest BCUT2D eigenvalue weighted by atomic mass is 9.98. The summed E-state index contributed by atoms with van der Waals surface area (Å²) in [5, 5.41) is 14.9. The van der Waals surface area contributed by atoms with Gasteiger partial charge in [0.15, 0.2) is 0 Å². The number of carbonyl (C=O) groups is 1. The molecule has 0 heterocycles. The largest absolute Gasteiger partial charge is 0.480 e. The van der Waals surface area contributed by atoms with Crippen molar-refractivity contribution in [2.45, 2.75) is 39.3 Å². The predicted molar refractivity (Wildman–Crippen MR) is 77.5 cm³/mol. The molecular weight excluding hydrogens is 240 g/mol. The van der Waals surface area contributed by atoms with Gasteiger partial charge in [-0.2, -0.15) is 0 Å². The molecule has 0 spiro atoms. The maximum absolute atomic E-state index is 10.9. The van der Waals surface area contributed by atoms with Crippen LogP contribution in [0.3, 0.4) is 0 Å². The van der Waals surface area contributed by atoms with Crippen LogP contribution in [0.2, 0.25) is 0 Å². The van der Waals surface area contributed by atoms with E-state index in [9.17, 15) is 4.79 Å². The van der Waals surface area contributed by atoms with Gasteiger partial charge >= 0.3 is 5.97 Å². The first-order chi connectivity index (χ1) is 8.95. The first-order valence-electron chi connectivity index (χ1n) is 6.66. The van der Waals surface area contributed by atoms with Crippen LogP contribution in [0, 0.1) is 6.92 Å². The number of rotatable bonds is 7. The molecule has 1 atom stereocenters. The van der Waals surface area contributed by atoms with Crippen LogP contribution in [0.5, 0.6) is 0 Å². The number of carboxylic acids is 1. The summed E-state index contributed by atoms with van der Waals surface area (Å²) < 4.78 is 0. The quantitative estimate of drug-likeness (QED) is 0.703. The molecule has 4 nitrogen and oxygen atoms in total. The van der Waals surface area contributed by atoms with Gasteiger partial charge in [-0.1, -0.05) is 32.0 Å². The Morgan fingerprint density at radius 1 is 1.37 bits per heavy atom. The minimum Gasteiger partial charge on any atom is -0.480 e. The Labute approximate surface area is 115 Å². The second-order valence-electron chi connectivity index (χ2n) is 5.15. The molecule has 1 aromatic carbocycles. The fraction of sp³-hybridized carbons (Fsp3) is 0.533. The summed E-state index contributed by atoms with van der Waals surface area (Å²) in [7, 11) is 1.66. The third-order valence-electron chi connectivity index (χ3n) is 3.35. The number of hydrogen-bond acceptors (Lipinski definition) is 3. The van der Waals surface area contributed by atoms with E-state index in [-0.39, 0.29) is 0 Å². The molecule has 0 aromatic heterocycles. The highest BCUT2D eigenvalue weighted by Crippen LogP contribution is 2.18. The molecule has 1 aromatic rings. The van der Waals surface area contributed by atoms with Gasteiger partial charge in [0.1, 0.15) is 6.04 Å². The lowest BCUT2D eigenvalue weighted by molar-refractivity contribution is -0.139. The molecule has 0 radical (unpaired) electrons. The number of aryl methyl sites for hydroxylation is 1. The Kier molecular flexibility index (Phi) is 5.99. The van der Waals surface area contributed by atoms with Gasteiger partial charge in [0, 0.05) is 13.1 Å². The molecule has 1 rings (SSSR count). The molecule has 1 unspecified atom stereocenters. The van der Waals surface area contributed by atoms with Crippen LogP contribution in [0.1, 0.15) is 36.5 Å². The van der Waals surface area contributed by atoms with Gasteiger partial charge in [-0.3, -0.25) is 4.79 Å². The summed E-state index contributed by atoms with van der Waals surface area (Å²) in [5.74, 6) is -0.328. The van der Waals surface area contributed by atoms with Crippen molar-refractivity contribution in [3.05, 3.63) is 34.9 Å². The smallest absolute Gasteiger partial charge is 0.322 e. The number of aliphatic carboxylic acids is 1. The zero-order chi connectivity index (χ0) is 14.4. The SMILES string of the molecule is CNC(CNCc1cc(C(C)C)ccc1C)C(=O)O. The highest BCUT2D eigenvalue weighted by Gasteiger charge is 2.13. The Morgan fingerprint density at radius 3 is 2.58 bits per heavy atom. The van der Waals surface area contributed by atoms with Crippen molar-refractivity contribution >= 4 is 5.97 Å². The zero-order valence-corrected chi connectivity index (χ0v) is 12.2. The van der Waals surface area contributed by atoms with Gasteiger partial charge in [-0.05, 0) is 36.6 Å². The fourth-order valence-corrected chi connectivity index (χ4v) is 1.90. The minimum absolute atomic E-state index is 0.414. The molecule has 0 saturated carbocycles. The maximum Gasteiger partial charge on any atom is 0.322 e. The summed E-state index contributed by atoms with van der Waals surface area (Å²) in [5.41, 5.74) is 3.77. The van der Waals surface area contributed by atoms with Gasteiger partial charge in [0.25, 0.3) is 0 Å². The molecule has 0 saturated heterocycles. The Morgan fingerprint density at radius 2 is 2.05 bits per heavy atom. The van der Waals surface area contributed by atoms with Crippen LogP contribution >= 0.6 is 0 Å². The van der Waals surface area contributed by atoms with Gasteiger partial charge in [-0.15, -0.1) is 0 Å². The molecule has 106 valence electrons. The molecule has 19 heavy (non-hydrogen) atoms. The van der Waals surface area contributed by atoms with Gasteiger partial charge in [0.2, 0.25) is 0 Å². The standard InChI is InChI=1S/C15H24N2O2/c1-10(2)12-6-5-11(3)13(7-12)8-17-9-14(16-4)15(18)19/h5-7,10,14,16-17H,8-9H2,1-4H3,(H,18,19). The molecule has 0 aliphatic rings. The summed E-state index contributed by atoms with van der Waals surface area (Å²) in [6, 6.07) is 5.92. The van der Waals surface area contributed by atoms with Crippen molar-refractivity contribution in [2.75, 3.05) is 13.6 Å². The molecule has 0 fully saturated rings. The minimum atomic E-state index is -0.831.